The summed E-state index contributed by atoms with van der Waals surface area (Å²) in [5, 5.41) is 1.34. The maximum atomic E-state index is 5.29. The Kier molecular flexibility index (Phi) is 5.99. The third kappa shape index (κ3) is 5.79. The van der Waals surface area contributed by atoms with Gasteiger partial charge in [0.1, 0.15) is 0 Å². The van der Waals surface area contributed by atoms with E-state index in [4.69, 9.17) is 4.43 Å². The molecule has 0 bridgehead atoms. The molecule has 0 fully saturated rings. The number of allylic oxidation sites excluding steroid dienone is 2. The molecule has 0 aliphatic carbocycles. The lowest BCUT2D eigenvalue weighted by molar-refractivity contribution is 0.339. The van der Waals surface area contributed by atoms with E-state index in [0.29, 0.717) is 9.76 Å². The number of rotatable bonds is 4. The molecule has 0 N–H and O–H groups in total. The first-order chi connectivity index (χ1) is 4.31. The summed E-state index contributed by atoms with van der Waals surface area (Å²) in [7, 11) is 0.574. The normalized spacial score (nSPS) is 12.1. The summed E-state index contributed by atoms with van der Waals surface area (Å²) >= 11 is 0. The molecule has 0 saturated carbocycles. The standard InChI is InChI=1S/C7H14OSi/c1-4-6-8-9-7(3)5-2/h5H,4,6H2,1-3H3/b7-5+. The number of hydrogen-bond acceptors (Lipinski definition) is 1. The van der Waals surface area contributed by atoms with Gasteiger partial charge in [0.05, 0.1) is 0 Å². The zero-order valence-corrected chi connectivity index (χ0v) is 7.40. The third-order valence-corrected chi connectivity index (χ3v) is 1.93. The maximum Gasteiger partial charge on any atom is 0.263 e. The Labute approximate surface area is 60.1 Å². The van der Waals surface area contributed by atoms with Crippen molar-refractivity contribution < 1.29 is 4.43 Å². The Morgan fingerprint density at radius 3 is 2.78 bits per heavy atom. The Morgan fingerprint density at radius 2 is 2.33 bits per heavy atom. The molecule has 0 spiro atoms. The molecule has 0 heterocycles. The molecule has 2 heteroatoms. The fourth-order valence-corrected chi connectivity index (χ4v) is 0.978. The van der Waals surface area contributed by atoms with Gasteiger partial charge in [-0.25, -0.2) is 0 Å². The highest BCUT2D eigenvalue weighted by Gasteiger charge is 1.89. The summed E-state index contributed by atoms with van der Waals surface area (Å²) in [4.78, 5) is 0. The molecule has 0 saturated heterocycles. The van der Waals surface area contributed by atoms with Gasteiger partial charge in [-0.1, -0.05) is 18.2 Å². The Morgan fingerprint density at radius 1 is 1.67 bits per heavy atom. The van der Waals surface area contributed by atoms with Crippen LogP contribution in [0.2, 0.25) is 0 Å². The highest BCUT2D eigenvalue weighted by Crippen LogP contribution is 1.89. The molecule has 0 rings (SSSR count). The minimum Gasteiger partial charge on any atom is -0.412 e. The van der Waals surface area contributed by atoms with Crippen LogP contribution in [0.25, 0.3) is 0 Å². The predicted octanol–water partition coefficient (Wildman–Crippen LogP) is 1.96. The lowest BCUT2D eigenvalue weighted by atomic mass is 10.5. The van der Waals surface area contributed by atoms with Gasteiger partial charge in [-0.3, -0.25) is 0 Å². The van der Waals surface area contributed by atoms with E-state index in [2.05, 4.69) is 19.9 Å². The van der Waals surface area contributed by atoms with Gasteiger partial charge in [-0.15, -0.1) is 0 Å². The second-order valence-electron chi connectivity index (χ2n) is 1.92. The van der Waals surface area contributed by atoms with Crippen LogP contribution in [0.4, 0.5) is 0 Å². The molecule has 2 radical (unpaired) electrons. The lowest BCUT2D eigenvalue weighted by Crippen LogP contribution is -2.00. The van der Waals surface area contributed by atoms with Gasteiger partial charge in [0, 0.05) is 6.61 Å². The van der Waals surface area contributed by atoms with Crippen LogP contribution >= 0.6 is 0 Å². The van der Waals surface area contributed by atoms with Crippen molar-refractivity contribution in [1.82, 2.24) is 0 Å². The van der Waals surface area contributed by atoms with Crippen molar-refractivity contribution in [2.24, 2.45) is 0 Å². The van der Waals surface area contributed by atoms with Crippen LogP contribution in [0.3, 0.4) is 0 Å². The number of hydrogen-bond donors (Lipinski definition) is 0. The highest BCUT2D eigenvalue weighted by atomic mass is 28.2. The molecule has 0 aromatic heterocycles. The van der Waals surface area contributed by atoms with Crippen molar-refractivity contribution in [3.63, 3.8) is 0 Å². The molecule has 1 nitrogen and oxygen atoms in total. The van der Waals surface area contributed by atoms with E-state index < -0.39 is 0 Å². The van der Waals surface area contributed by atoms with Crippen LogP contribution in [0.5, 0.6) is 0 Å². The Hall–Kier alpha value is -0.0831. The summed E-state index contributed by atoms with van der Waals surface area (Å²) in [5.74, 6) is 0. The van der Waals surface area contributed by atoms with Crippen LogP contribution in [0.1, 0.15) is 27.2 Å². The van der Waals surface area contributed by atoms with Crippen molar-refractivity contribution in [1.29, 1.82) is 0 Å². The monoisotopic (exact) mass is 142 g/mol. The van der Waals surface area contributed by atoms with Gasteiger partial charge in [-0.2, -0.15) is 0 Å². The van der Waals surface area contributed by atoms with Gasteiger partial charge < -0.3 is 4.43 Å². The average Bonchev–Trinajstić information content (AvgIpc) is 1.89. The first-order valence-electron chi connectivity index (χ1n) is 3.32. The zero-order chi connectivity index (χ0) is 7.11. The molecular formula is C7H14OSi. The molecule has 0 aliphatic rings. The topological polar surface area (TPSA) is 9.23 Å². The highest BCUT2D eigenvalue weighted by molar-refractivity contribution is 6.37. The lowest BCUT2D eigenvalue weighted by Gasteiger charge is -1.97. The van der Waals surface area contributed by atoms with E-state index in [9.17, 15) is 0 Å². The van der Waals surface area contributed by atoms with Crippen molar-refractivity contribution in [2.45, 2.75) is 27.2 Å². The van der Waals surface area contributed by atoms with Gasteiger partial charge in [0.25, 0.3) is 9.76 Å². The van der Waals surface area contributed by atoms with Gasteiger partial charge >= 0.3 is 0 Å². The van der Waals surface area contributed by atoms with E-state index in [-0.39, 0.29) is 0 Å². The smallest absolute Gasteiger partial charge is 0.263 e. The summed E-state index contributed by atoms with van der Waals surface area (Å²) < 4.78 is 5.29. The fourth-order valence-electron chi connectivity index (χ4n) is 0.326. The van der Waals surface area contributed by atoms with Crippen LogP contribution in [0.15, 0.2) is 11.3 Å². The van der Waals surface area contributed by atoms with Crippen molar-refractivity contribution in [3.05, 3.63) is 11.3 Å². The molecule has 0 amide bonds. The second kappa shape index (κ2) is 6.04. The Bertz CT molecular complexity index is 88.9. The minimum absolute atomic E-state index is 0.574. The van der Waals surface area contributed by atoms with E-state index in [1.165, 1.54) is 5.20 Å². The first-order valence-corrected chi connectivity index (χ1v) is 4.22. The van der Waals surface area contributed by atoms with Gasteiger partial charge in [0.15, 0.2) is 0 Å². The van der Waals surface area contributed by atoms with Crippen LogP contribution in [-0.2, 0) is 4.43 Å². The second-order valence-corrected chi connectivity index (χ2v) is 3.20. The molecular weight excluding hydrogens is 128 g/mol. The van der Waals surface area contributed by atoms with E-state index in [0.717, 1.165) is 13.0 Å². The predicted molar refractivity (Wildman–Crippen MR) is 41.4 cm³/mol. The van der Waals surface area contributed by atoms with Crippen LogP contribution in [-0.4, -0.2) is 16.4 Å². The average molecular weight is 142 g/mol. The summed E-state index contributed by atoms with van der Waals surface area (Å²) in [5.41, 5.74) is 0. The molecule has 0 aliphatic heterocycles. The van der Waals surface area contributed by atoms with Crippen molar-refractivity contribution in [3.8, 4) is 0 Å². The van der Waals surface area contributed by atoms with E-state index in [1.807, 2.05) is 6.92 Å². The zero-order valence-electron chi connectivity index (χ0n) is 6.40. The minimum atomic E-state index is 0.574. The van der Waals surface area contributed by atoms with Crippen LogP contribution < -0.4 is 0 Å². The maximum absolute atomic E-state index is 5.29. The van der Waals surface area contributed by atoms with Gasteiger partial charge in [0.2, 0.25) is 0 Å². The Balaban J connectivity index is 3.07. The van der Waals surface area contributed by atoms with E-state index in [1.54, 1.807) is 0 Å². The SMILES string of the molecule is C/C=C(\C)[Si]OCCC. The molecule has 0 aromatic carbocycles. The van der Waals surface area contributed by atoms with Gasteiger partial charge in [-0.05, 0) is 20.3 Å². The molecule has 0 aromatic rings. The first kappa shape index (κ1) is 8.92. The summed E-state index contributed by atoms with van der Waals surface area (Å²) in [6.45, 7) is 7.14. The largest absolute Gasteiger partial charge is 0.412 e. The van der Waals surface area contributed by atoms with Crippen molar-refractivity contribution in [2.75, 3.05) is 6.61 Å². The summed E-state index contributed by atoms with van der Waals surface area (Å²) in [6.07, 6.45) is 3.21. The fraction of sp³-hybridized carbons (Fsp3) is 0.714. The molecule has 9 heavy (non-hydrogen) atoms. The van der Waals surface area contributed by atoms with Crippen LogP contribution in [0, 0.1) is 0 Å². The van der Waals surface area contributed by atoms with Crippen molar-refractivity contribution >= 4 is 9.76 Å². The van der Waals surface area contributed by atoms with E-state index >= 15 is 0 Å². The molecule has 52 valence electrons. The third-order valence-electron chi connectivity index (χ3n) is 0.972. The molecule has 0 atom stereocenters. The molecule has 0 unspecified atom stereocenters. The quantitative estimate of drug-likeness (QED) is 0.430. The summed E-state index contributed by atoms with van der Waals surface area (Å²) in [6, 6.07) is 0.